The van der Waals surface area contributed by atoms with Crippen molar-refractivity contribution in [3.05, 3.63) is 58.5 Å². The van der Waals surface area contributed by atoms with Crippen LogP contribution in [-0.2, 0) is 4.79 Å². The lowest BCUT2D eigenvalue weighted by atomic mass is 10.2. The van der Waals surface area contributed by atoms with Crippen LogP contribution in [0.1, 0.15) is 11.1 Å². The third-order valence-corrected chi connectivity index (χ3v) is 4.81. The molecule has 5 nitrogen and oxygen atoms in total. The second-order valence-corrected chi connectivity index (χ2v) is 6.75. The molecule has 130 valence electrons. The number of amides is 1. The predicted octanol–water partition coefficient (Wildman–Crippen LogP) is 3.61. The van der Waals surface area contributed by atoms with Crippen molar-refractivity contribution in [1.29, 1.82) is 0 Å². The van der Waals surface area contributed by atoms with Gasteiger partial charge >= 0.3 is 0 Å². The number of benzene rings is 2. The van der Waals surface area contributed by atoms with Gasteiger partial charge in [-0.3, -0.25) is 4.79 Å². The van der Waals surface area contributed by atoms with Crippen LogP contribution < -0.4 is 20.1 Å². The quantitative estimate of drug-likeness (QED) is 0.802. The highest BCUT2D eigenvalue weighted by Gasteiger charge is 2.27. The van der Waals surface area contributed by atoms with Crippen LogP contribution in [0.4, 0.5) is 5.69 Å². The molecule has 1 atom stereocenters. The lowest BCUT2D eigenvalue weighted by Crippen LogP contribution is -2.31. The van der Waals surface area contributed by atoms with Gasteiger partial charge in [-0.05, 0) is 48.4 Å². The molecule has 2 aromatic rings. The third-order valence-electron chi connectivity index (χ3n) is 3.79. The van der Waals surface area contributed by atoms with Crippen LogP contribution in [0, 0.1) is 6.92 Å². The predicted molar refractivity (Wildman–Crippen MR) is 102 cm³/mol. The van der Waals surface area contributed by atoms with Crippen molar-refractivity contribution >= 4 is 29.4 Å². The van der Waals surface area contributed by atoms with Crippen LogP contribution in [0.5, 0.6) is 11.5 Å². The Hall–Kier alpha value is -2.60. The van der Waals surface area contributed by atoms with Gasteiger partial charge in [0.2, 0.25) is 0 Å². The summed E-state index contributed by atoms with van der Waals surface area (Å²) in [5, 5.41) is 6.24. The molecule has 0 radical (unpaired) electrons. The summed E-state index contributed by atoms with van der Waals surface area (Å²) in [5.74, 6) is 1.44. The minimum atomic E-state index is -0.243. The van der Waals surface area contributed by atoms with E-state index in [2.05, 4.69) is 10.6 Å². The Labute approximate surface area is 151 Å². The normalized spacial score (nSPS) is 18.1. The van der Waals surface area contributed by atoms with E-state index in [9.17, 15) is 4.79 Å². The monoisotopic (exact) mass is 356 g/mol. The summed E-state index contributed by atoms with van der Waals surface area (Å²) in [6.07, 6.45) is 1.87. The Morgan fingerprint density at radius 2 is 1.88 bits per heavy atom. The first-order chi connectivity index (χ1) is 12.1. The Bertz CT molecular complexity index is 803. The number of hydrogen-bond acceptors (Lipinski definition) is 5. The number of methoxy groups -OCH3 is 2. The van der Waals surface area contributed by atoms with Gasteiger partial charge in [0, 0.05) is 0 Å². The largest absolute Gasteiger partial charge is 0.497 e. The van der Waals surface area contributed by atoms with E-state index in [1.807, 2.05) is 55.5 Å². The van der Waals surface area contributed by atoms with Crippen molar-refractivity contribution in [1.82, 2.24) is 5.32 Å². The van der Waals surface area contributed by atoms with E-state index in [0.717, 1.165) is 28.3 Å². The number of hydrogen-bond donors (Lipinski definition) is 2. The van der Waals surface area contributed by atoms with Crippen LogP contribution in [0.2, 0.25) is 0 Å². The molecule has 0 bridgehead atoms. The summed E-state index contributed by atoms with van der Waals surface area (Å²) in [6.45, 7) is 2.01. The molecule has 0 aromatic heterocycles. The summed E-state index contributed by atoms with van der Waals surface area (Å²) >= 11 is 1.45. The minimum absolute atomic E-state index is 0.0927. The maximum absolute atomic E-state index is 12.2. The highest BCUT2D eigenvalue weighted by Crippen LogP contribution is 2.33. The molecule has 1 aliphatic rings. The Kier molecular flexibility index (Phi) is 5.19. The van der Waals surface area contributed by atoms with Gasteiger partial charge in [-0.25, -0.2) is 0 Å². The molecule has 0 spiro atoms. The standard InChI is InChI=1S/C19H20N2O3S/c1-12-4-9-16(24-3)15(10-12)20-19-21-18(22)17(25-19)11-13-5-7-14(23-2)8-6-13/h4-11,19-20H,1-3H3,(H,21,22)/b17-11-. The molecule has 0 aliphatic carbocycles. The van der Waals surface area contributed by atoms with Gasteiger partial charge < -0.3 is 20.1 Å². The first kappa shape index (κ1) is 17.2. The summed E-state index contributed by atoms with van der Waals surface area (Å²) < 4.78 is 10.5. The number of aryl methyl sites for hydroxylation is 1. The van der Waals surface area contributed by atoms with E-state index in [0.29, 0.717) is 4.91 Å². The molecule has 25 heavy (non-hydrogen) atoms. The molecule has 3 rings (SSSR count). The van der Waals surface area contributed by atoms with Crippen LogP contribution in [-0.4, -0.2) is 25.6 Å². The van der Waals surface area contributed by atoms with Crippen LogP contribution in [0.25, 0.3) is 6.08 Å². The molecule has 1 saturated heterocycles. The molecule has 2 aromatic carbocycles. The summed E-state index contributed by atoms with van der Waals surface area (Å²) in [7, 11) is 3.26. The lowest BCUT2D eigenvalue weighted by Gasteiger charge is -2.16. The Balaban J connectivity index is 1.74. The number of thioether (sulfide) groups is 1. The maximum atomic E-state index is 12.2. The summed E-state index contributed by atoms with van der Waals surface area (Å²) in [6, 6.07) is 13.5. The first-order valence-electron chi connectivity index (χ1n) is 7.83. The van der Waals surface area contributed by atoms with E-state index < -0.39 is 0 Å². The zero-order chi connectivity index (χ0) is 17.8. The molecule has 1 amide bonds. The molecule has 6 heteroatoms. The molecule has 2 N–H and O–H groups in total. The number of rotatable bonds is 5. The fraction of sp³-hybridized carbons (Fsp3) is 0.211. The van der Waals surface area contributed by atoms with Gasteiger partial charge in [0.25, 0.3) is 5.91 Å². The number of carbonyl (C=O) groups is 1. The fourth-order valence-electron chi connectivity index (χ4n) is 2.49. The number of nitrogens with one attached hydrogen (secondary N) is 2. The van der Waals surface area contributed by atoms with Gasteiger partial charge in [0.15, 0.2) is 5.50 Å². The third kappa shape index (κ3) is 4.09. The van der Waals surface area contributed by atoms with Crippen molar-refractivity contribution in [2.45, 2.75) is 12.4 Å². The molecule has 1 unspecified atom stereocenters. The zero-order valence-corrected chi connectivity index (χ0v) is 15.1. The second-order valence-electron chi connectivity index (χ2n) is 5.60. The van der Waals surface area contributed by atoms with E-state index in [1.54, 1.807) is 14.2 Å². The van der Waals surface area contributed by atoms with Crippen molar-refractivity contribution in [3.8, 4) is 11.5 Å². The smallest absolute Gasteiger partial charge is 0.260 e. The van der Waals surface area contributed by atoms with E-state index in [-0.39, 0.29) is 11.4 Å². The molecule has 1 heterocycles. The molecule has 1 aliphatic heterocycles. The van der Waals surface area contributed by atoms with Crippen molar-refractivity contribution < 1.29 is 14.3 Å². The van der Waals surface area contributed by atoms with Crippen molar-refractivity contribution in [3.63, 3.8) is 0 Å². The molecule has 1 fully saturated rings. The van der Waals surface area contributed by atoms with Gasteiger partial charge in [-0.2, -0.15) is 0 Å². The lowest BCUT2D eigenvalue weighted by molar-refractivity contribution is -0.116. The Morgan fingerprint density at radius 3 is 2.56 bits per heavy atom. The van der Waals surface area contributed by atoms with Crippen LogP contribution >= 0.6 is 11.8 Å². The van der Waals surface area contributed by atoms with E-state index in [4.69, 9.17) is 9.47 Å². The fourth-order valence-corrected chi connectivity index (χ4v) is 3.47. The Morgan fingerprint density at radius 1 is 1.12 bits per heavy atom. The highest BCUT2D eigenvalue weighted by molar-refractivity contribution is 8.05. The van der Waals surface area contributed by atoms with Crippen molar-refractivity contribution in [2.24, 2.45) is 0 Å². The molecule has 0 saturated carbocycles. The van der Waals surface area contributed by atoms with Gasteiger partial charge in [-0.1, -0.05) is 30.0 Å². The number of anilines is 1. The summed E-state index contributed by atoms with van der Waals surface area (Å²) in [5.41, 5.74) is 2.68. The van der Waals surface area contributed by atoms with Gasteiger partial charge in [-0.15, -0.1) is 0 Å². The molecular formula is C19H20N2O3S. The van der Waals surface area contributed by atoms with Crippen molar-refractivity contribution in [2.75, 3.05) is 19.5 Å². The highest BCUT2D eigenvalue weighted by atomic mass is 32.2. The topological polar surface area (TPSA) is 59.6 Å². The average Bonchev–Trinajstić information content (AvgIpc) is 2.95. The van der Waals surface area contributed by atoms with Crippen LogP contribution in [0.15, 0.2) is 47.4 Å². The minimum Gasteiger partial charge on any atom is -0.497 e. The number of carbonyl (C=O) groups excluding carboxylic acids is 1. The van der Waals surface area contributed by atoms with Crippen LogP contribution in [0.3, 0.4) is 0 Å². The van der Waals surface area contributed by atoms with Gasteiger partial charge in [0.1, 0.15) is 11.5 Å². The zero-order valence-electron chi connectivity index (χ0n) is 14.3. The number of ether oxygens (including phenoxy) is 2. The van der Waals surface area contributed by atoms with E-state index in [1.165, 1.54) is 11.8 Å². The molecular weight excluding hydrogens is 336 g/mol. The maximum Gasteiger partial charge on any atom is 0.260 e. The second kappa shape index (κ2) is 7.53. The average molecular weight is 356 g/mol. The van der Waals surface area contributed by atoms with Gasteiger partial charge in [0.05, 0.1) is 24.8 Å². The first-order valence-corrected chi connectivity index (χ1v) is 8.71. The SMILES string of the molecule is COc1ccc(/C=C2\SC(Nc3cc(C)ccc3OC)NC2=O)cc1. The van der Waals surface area contributed by atoms with E-state index >= 15 is 0 Å². The summed E-state index contributed by atoms with van der Waals surface area (Å²) in [4.78, 5) is 12.9.